The third kappa shape index (κ3) is 2.95. The normalized spacial score (nSPS) is 15.3. The molecule has 0 spiro atoms. The van der Waals surface area contributed by atoms with E-state index in [4.69, 9.17) is 11.6 Å². The number of hydrogen-bond donors (Lipinski definition) is 0. The Hall–Kier alpha value is -0.540. The molecule has 1 aliphatic rings. The van der Waals surface area contributed by atoms with Crippen LogP contribution in [0, 0.1) is 0 Å². The van der Waals surface area contributed by atoms with E-state index in [1.54, 1.807) is 11.3 Å². The summed E-state index contributed by atoms with van der Waals surface area (Å²) in [5.74, 6) is 0.753. The zero-order chi connectivity index (χ0) is 10.7. The summed E-state index contributed by atoms with van der Waals surface area (Å²) in [6.07, 6.45) is 2.81. The van der Waals surface area contributed by atoms with Crippen LogP contribution in [0.3, 0.4) is 0 Å². The van der Waals surface area contributed by atoms with Gasteiger partial charge in [-0.25, -0.2) is 0 Å². The average molecular weight is 244 g/mol. The number of rotatable bonds is 5. The van der Waals surface area contributed by atoms with Crippen molar-refractivity contribution in [2.45, 2.75) is 25.3 Å². The number of nitrogens with zero attached hydrogens (tertiary/aromatic N) is 1. The van der Waals surface area contributed by atoms with Crippen LogP contribution in [0.5, 0.6) is 0 Å². The number of carbonyl (C=O) groups is 1. The van der Waals surface area contributed by atoms with Gasteiger partial charge in [0.15, 0.2) is 0 Å². The molecule has 0 saturated heterocycles. The highest BCUT2D eigenvalue weighted by Gasteiger charge is 2.31. The van der Waals surface area contributed by atoms with Crippen LogP contribution < -0.4 is 0 Å². The summed E-state index contributed by atoms with van der Waals surface area (Å²) in [6, 6.07) is 2.48. The van der Waals surface area contributed by atoms with E-state index in [9.17, 15) is 4.79 Å². The quantitative estimate of drug-likeness (QED) is 0.728. The molecule has 82 valence electrons. The minimum atomic E-state index is 0.219. The topological polar surface area (TPSA) is 20.3 Å². The van der Waals surface area contributed by atoms with Gasteiger partial charge >= 0.3 is 0 Å². The number of halogens is 1. The van der Waals surface area contributed by atoms with Gasteiger partial charge in [-0.05, 0) is 35.2 Å². The molecule has 1 heterocycles. The van der Waals surface area contributed by atoms with Gasteiger partial charge < -0.3 is 4.90 Å². The van der Waals surface area contributed by atoms with Crippen molar-refractivity contribution in [3.05, 3.63) is 22.4 Å². The maximum Gasteiger partial charge on any atom is 0.227 e. The highest BCUT2D eigenvalue weighted by molar-refractivity contribution is 7.07. The number of thiophene rings is 1. The van der Waals surface area contributed by atoms with Crippen molar-refractivity contribution >= 4 is 28.8 Å². The zero-order valence-electron chi connectivity index (χ0n) is 8.49. The van der Waals surface area contributed by atoms with E-state index in [2.05, 4.69) is 0 Å². The van der Waals surface area contributed by atoms with Gasteiger partial charge in [-0.3, -0.25) is 4.79 Å². The van der Waals surface area contributed by atoms with Crippen molar-refractivity contribution in [3.63, 3.8) is 0 Å². The molecule has 1 aromatic rings. The van der Waals surface area contributed by atoms with Crippen molar-refractivity contribution in [1.82, 2.24) is 4.90 Å². The van der Waals surface area contributed by atoms with E-state index in [0.29, 0.717) is 24.9 Å². The Bertz CT molecular complexity index is 321. The molecule has 0 aromatic carbocycles. The summed E-state index contributed by atoms with van der Waals surface area (Å²) in [7, 11) is 0. The molecule has 0 N–H and O–H groups in total. The lowest BCUT2D eigenvalue weighted by Crippen LogP contribution is -2.35. The number of alkyl halides is 1. The Kier molecular flexibility index (Phi) is 3.65. The standard InChI is InChI=1S/C11H14ClNOS/c12-4-5-13(10-1-2-10)11(14)7-9-3-6-15-8-9/h3,6,8,10H,1-2,4-5,7H2. The highest BCUT2D eigenvalue weighted by atomic mass is 35.5. The van der Waals surface area contributed by atoms with Crippen molar-refractivity contribution in [2.24, 2.45) is 0 Å². The largest absolute Gasteiger partial charge is 0.338 e. The molecule has 1 amide bonds. The van der Waals surface area contributed by atoms with Crippen LogP contribution in [0.2, 0.25) is 0 Å². The lowest BCUT2D eigenvalue weighted by atomic mass is 10.2. The Balaban J connectivity index is 1.92. The Morgan fingerprint density at radius 1 is 1.60 bits per heavy atom. The summed E-state index contributed by atoms with van der Waals surface area (Å²) in [4.78, 5) is 13.9. The van der Waals surface area contributed by atoms with Gasteiger partial charge in [-0.15, -0.1) is 11.6 Å². The molecule has 1 saturated carbocycles. The molecule has 0 bridgehead atoms. The predicted octanol–water partition coefficient (Wildman–Crippen LogP) is 2.52. The second-order valence-electron chi connectivity index (χ2n) is 3.82. The monoisotopic (exact) mass is 243 g/mol. The summed E-state index contributed by atoms with van der Waals surface area (Å²) in [5.41, 5.74) is 1.12. The molecule has 0 unspecified atom stereocenters. The van der Waals surface area contributed by atoms with Crippen LogP contribution in [0.25, 0.3) is 0 Å². The van der Waals surface area contributed by atoms with Crippen molar-refractivity contribution in [1.29, 1.82) is 0 Å². The number of hydrogen-bond acceptors (Lipinski definition) is 2. The average Bonchev–Trinajstić information content (AvgIpc) is 2.93. The summed E-state index contributed by atoms with van der Waals surface area (Å²) in [6.45, 7) is 0.690. The fourth-order valence-corrected chi connectivity index (χ4v) is 2.51. The first-order chi connectivity index (χ1) is 7.31. The van der Waals surface area contributed by atoms with Crippen LogP contribution in [-0.4, -0.2) is 29.3 Å². The molecule has 1 aliphatic carbocycles. The fraction of sp³-hybridized carbons (Fsp3) is 0.545. The van der Waals surface area contributed by atoms with Gasteiger partial charge in [0, 0.05) is 18.5 Å². The molecule has 1 fully saturated rings. The van der Waals surface area contributed by atoms with Gasteiger partial charge in [0.05, 0.1) is 6.42 Å². The first-order valence-electron chi connectivity index (χ1n) is 5.18. The first-order valence-corrected chi connectivity index (χ1v) is 6.65. The molecule has 15 heavy (non-hydrogen) atoms. The van der Waals surface area contributed by atoms with Gasteiger partial charge in [0.25, 0.3) is 0 Å². The SMILES string of the molecule is O=C(Cc1ccsc1)N(CCCl)C1CC1. The number of amides is 1. The van der Waals surface area contributed by atoms with Crippen molar-refractivity contribution < 1.29 is 4.79 Å². The van der Waals surface area contributed by atoms with Crippen molar-refractivity contribution in [3.8, 4) is 0 Å². The van der Waals surface area contributed by atoms with Gasteiger partial charge in [0.2, 0.25) is 5.91 Å². The Morgan fingerprint density at radius 3 is 2.93 bits per heavy atom. The van der Waals surface area contributed by atoms with Gasteiger partial charge in [-0.2, -0.15) is 11.3 Å². The molecule has 2 rings (SSSR count). The first kappa shape index (κ1) is 11.0. The second-order valence-corrected chi connectivity index (χ2v) is 4.97. The maximum atomic E-state index is 12.0. The minimum Gasteiger partial charge on any atom is -0.338 e. The molecule has 0 radical (unpaired) electrons. The minimum absolute atomic E-state index is 0.219. The molecule has 0 atom stereocenters. The van der Waals surface area contributed by atoms with Gasteiger partial charge in [-0.1, -0.05) is 0 Å². The fourth-order valence-electron chi connectivity index (χ4n) is 1.66. The zero-order valence-corrected chi connectivity index (χ0v) is 10.1. The molecule has 2 nitrogen and oxygen atoms in total. The number of carbonyl (C=O) groups excluding carboxylic acids is 1. The maximum absolute atomic E-state index is 12.0. The third-order valence-corrected chi connectivity index (χ3v) is 3.47. The molecule has 4 heteroatoms. The van der Waals surface area contributed by atoms with Crippen LogP contribution >= 0.6 is 22.9 Å². The second kappa shape index (κ2) is 4.99. The predicted molar refractivity (Wildman–Crippen MR) is 63.5 cm³/mol. The van der Waals surface area contributed by atoms with Crippen molar-refractivity contribution in [2.75, 3.05) is 12.4 Å². The summed E-state index contributed by atoms with van der Waals surface area (Å²) >= 11 is 7.34. The molecular formula is C11H14ClNOS. The van der Waals surface area contributed by atoms with Crippen LogP contribution in [-0.2, 0) is 11.2 Å². The molecule has 0 aliphatic heterocycles. The molecule has 1 aromatic heterocycles. The lowest BCUT2D eigenvalue weighted by molar-refractivity contribution is -0.130. The summed E-state index contributed by atoms with van der Waals surface area (Å²) in [5, 5.41) is 4.04. The van der Waals surface area contributed by atoms with E-state index in [0.717, 1.165) is 18.4 Å². The van der Waals surface area contributed by atoms with Crippen LogP contribution in [0.1, 0.15) is 18.4 Å². The summed E-state index contributed by atoms with van der Waals surface area (Å²) < 4.78 is 0. The lowest BCUT2D eigenvalue weighted by Gasteiger charge is -2.20. The Labute approximate surface area is 98.8 Å². The van der Waals surface area contributed by atoms with Gasteiger partial charge in [0.1, 0.15) is 0 Å². The molecular weight excluding hydrogens is 230 g/mol. The van der Waals surface area contributed by atoms with E-state index in [-0.39, 0.29) is 5.91 Å². The Morgan fingerprint density at radius 2 is 2.40 bits per heavy atom. The van der Waals surface area contributed by atoms with Crippen LogP contribution in [0.15, 0.2) is 16.8 Å². The van der Waals surface area contributed by atoms with E-state index >= 15 is 0 Å². The smallest absolute Gasteiger partial charge is 0.227 e. The van der Waals surface area contributed by atoms with E-state index in [1.165, 1.54) is 0 Å². The highest BCUT2D eigenvalue weighted by Crippen LogP contribution is 2.27. The third-order valence-electron chi connectivity index (χ3n) is 2.57. The van der Waals surface area contributed by atoms with E-state index < -0.39 is 0 Å². The van der Waals surface area contributed by atoms with Crippen LogP contribution in [0.4, 0.5) is 0 Å². The van der Waals surface area contributed by atoms with E-state index in [1.807, 2.05) is 21.7 Å².